The summed E-state index contributed by atoms with van der Waals surface area (Å²) in [4.78, 5) is 28.2. The van der Waals surface area contributed by atoms with Crippen LogP contribution in [0.4, 0.5) is 5.82 Å². The molecular formula is C19H18Cl2N6O2. The maximum atomic E-state index is 12.6. The van der Waals surface area contributed by atoms with Gasteiger partial charge in [-0.15, -0.1) is 5.10 Å². The molecule has 2 amide bonds. The summed E-state index contributed by atoms with van der Waals surface area (Å²) >= 11 is 12.0. The van der Waals surface area contributed by atoms with E-state index in [2.05, 4.69) is 25.9 Å². The molecule has 2 N–H and O–H groups in total. The van der Waals surface area contributed by atoms with E-state index in [9.17, 15) is 9.59 Å². The molecule has 3 aromatic rings. The van der Waals surface area contributed by atoms with Crippen molar-refractivity contribution in [2.45, 2.75) is 19.9 Å². The number of aromatic nitrogens is 4. The van der Waals surface area contributed by atoms with Gasteiger partial charge in [0.2, 0.25) is 5.91 Å². The van der Waals surface area contributed by atoms with E-state index in [1.807, 2.05) is 6.07 Å². The van der Waals surface area contributed by atoms with Crippen LogP contribution in [0.5, 0.6) is 0 Å². The fourth-order valence-electron chi connectivity index (χ4n) is 2.63. The molecular weight excluding hydrogens is 415 g/mol. The van der Waals surface area contributed by atoms with Crippen molar-refractivity contribution in [3.8, 4) is 0 Å². The topological polar surface area (TPSA) is 102 Å². The fourth-order valence-corrected chi connectivity index (χ4v) is 2.95. The van der Waals surface area contributed by atoms with E-state index >= 15 is 0 Å². The molecule has 10 heteroatoms. The second-order valence-corrected chi connectivity index (χ2v) is 7.10. The normalized spacial score (nSPS) is 10.6. The van der Waals surface area contributed by atoms with E-state index in [1.165, 1.54) is 6.20 Å². The van der Waals surface area contributed by atoms with E-state index in [0.717, 1.165) is 11.1 Å². The highest BCUT2D eigenvalue weighted by Crippen LogP contribution is 2.23. The molecule has 2 aromatic heterocycles. The van der Waals surface area contributed by atoms with Crippen LogP contribution in [-0.4, -0.2) is 38.8 Å². The van der Waals surface area contributed by atoms with E-state index in [4.69, 9.17) is 23.2 Å². The Morgan fingerprint density at radius 2 is 1.90 bits per heavy atom. The predicted octanol–water partition coefficient (Wildman–Crippen LogP) is 2.88. The number of carbonyl (C=O) groups is 2. The SMILES string of the molecule is CNC(=O)Cc1ccnc(NC(=O)c2nnn(Cc3ccc(Cl)c(Cl)c3)c2C)c1. The summed E-state index contributed by atoms with van der Waals surface area (Å²) < 4.78 is 1.60. The number of carbonyl (C=O) groups excluding carboxylic acids is 2. The third kappa shape index (κ3) is 5.10. The first-order valence-electron chi connectivity index (χ1n) is 8.68. The number of rotatable bonds is 6. The second-order valence-electron chi connectivity index (χ2n) is 6.28. The van der Waals surface area contributed by atoms with Crippen LogP contribution >= 0.6 is 23.2 Å². The smallest absolute Gasteiger partial charge is 0.279 e. The van der Waals surface area contributed by atoms with E-state index in [0.29, 0.717) is 28.1 Å². The monoisotopic (exact) mass is 432 g/mol. The molecule has 0 saturated heterocycles. The number of anilines is 1. The molecule has 8 nitrogen and oxygen atoms in total. The Morgan fingerprint density at radius 3 is 2.62 bits per heavy atom. The molecule has 0 aliphatic carbocycles. The predicted molar refractivity (Wildman–Crippen MR) is 110 cm³/mol. The van der Waals surface area contributed by atoms with Crippen LogP contribution in [0.15, 0.2) is 36.5 Å². The van der Waals surface area contributed by atoms with Gasteiger partial charge in [0.15, 0.2) is 5.69 Å². The molecule has 0 radical (unpaired) electrons. The van der Waals surface area contributed by atoms with Crippen molar-refractivity contribution in [1.82, 2.24) is 25.3 Å². The van der Waals surface area contributed by atoms with Gasteiger partial charge in [0.1, 0.15) is 5.82 Å². The molecule has 150 valence electrons. The number of halogens is 2. The number of likely N-dealkylation sites (N-methyl/N-ethyl adjacent to an activating group) is 1. The maximum absolute atomic E-state index is 12.6. The number of benzene rings is 1. The third-order valence-electron chi connectivity index (χ3n) is 4.22. The van der Waals surface area contributed by atoms with Gasteiger partial charge in [0.05, 0.1) is 28.7 Å². The molecule has 0 fully saturated rings. The Balaban J connectivity index is 1.73. The Bertz CT molecular complexity index is 1070. The van der Waals surface area contributed by atoms with Crippen LogP contribution in [0.3, 0.4) is 0 Å². The van der Waals surface area contributed by atoms with Crippen molar-refractivity contribution in [3.63, 3.8) is 0 Å². The second kappa shape index (κ2) is 9.02. The summed E-state index contributed by atoms with van der Waals surface area (Å²) in [7, 11) is 1.57. The zero-order valence-electron chi connectivity index (χ0n) is 15.7. The Morgan fingerprint density at radius 1 is 1.10 bits per heavy atom. The lowest BCUT2D eigenvalue weighted by molar-refractivity contribution is -0.119. The van der Waals surface area contributed by atoms with Crippen molar-refractivity contribution in [2.24, 2.45) is 0 Å². The average molecular weight is 433 g/mol. The van der Waals surface area contributed by atoms with Crippen LogP contribution in [0.25, 0.3) is 0 Å². The fraction of sp³-hybridized carbons (Fsp3) is 0.211. The van der Waals surface area contributed by atoms with Crippen molar-refractivity contribution < 1.29 is 9.59 Å². The zero-order valence-corrected chi connectivity index (χ0v) is 17.3. The summed E-state index contributed by atoms with van der Waals surface area (Å²) in [6.45, 7) is 2.14. The largest absolute Gasteiger partial charge is 0.359 e. The molecule has 29 heavy (non-hydrogen) atoms. The Hall–Kier alpha value is -2.97. The Kier molecular flexibility index (Phi) is 6.46. The molecule has 0 spiro atoms. The van der Waals surface area contributed by atoms with E-state index < -0.39 is 5.91 Å². The molecule has 2 heterocycles. The van der Waals surface area contributed by atoms with E-state index in [-0.39, 0.29) is 18.0 Å². The summed E-state index contributed by atoms with van der Waals surface area (Å²) in [5.41, 5.74) is 2.39. The Labute approximate surface area is 177 Å². The number of nitrogens with one attached hydrogen (secondary N) is 2. The highest BCUT2D eigenvalue weighted by atomic mass is 35.5. The molecule has 0 aliphatic heterocycles. The maximum Gasteiger partial charge on any atom is 0.279 e. The van der Waals surface area contributed by atoms with Crippen LogP contribution in [0.1, 0.15) is 27.3 Å². The number of hydrogen-bond acceptors (Lipinski definition) is 5. The minimum Gasteiger partial charge on any atom is -0.359 e. The molecule has 0 aliphatic rings. The van der Waals surface area contributed by atoms with Crippen LogP contribution in [0.2, 0.25) is 10.0 Å². The highest BCUT2D eigenvalue weighted by molar-refractivity contribution is 6.42. The molecule has 0 atom stereocenters. The first-order chi connectivity index (χ1) is 13.9. The number of nitrogens with zero attached hydrogens (tertiary/aromatic N) is 4. The highest BCUT2D eigenvalue weighted by Gasteiger charge is 2.18. The third-order valence-corrected chi connectivity index (χ3v) is 4.96. The van der Waals surface area contributed by atoms with Crippen LogP contribution < -0.4 is 10.6 Å². The number of hydrogen-bond donors (Lipinski definition) is 2. The molecule has 3 rings (SSSR count). The van der Waals surface area contributed by atoms with Crippen molar-refractivity contribution in [2.75, 3.05) is 12.4 Å². The minimum absolute atomic E-state index is 0.130. The molecule has 0 unspecified atom stereocenters. The van der Waals surface area contributed by atoms with Gasteiger partial charge in [-0.3, -0.25) is 9.59 Å². The summed E-state index contributed by atoms with van der Waals surface area (Å²) in [5, 5.41) is 14.2. The molecule has 0 saturated carbocycles. The van der Waals surface area contributed by atoms with E-state index in [1.54, 1.807) is 42.9 Å². The summed E-state index contributed by atoms with van der Waals surface area (Å²) in [6, 6.07) is 8.63. The lowest BCUT2D eigenvalue weighted by Gasteiger charge is -2.07. The quantitative estimate of drug-likeness (QED) is 0.623. The van der Waals surface area contributed by atoms with Crippen LogP contribution in [0, 0.1) is 6.92 Å². The number of pyridine rings is 1. The summed E-state index contributed by atoms with van der Waals surface area (Å²) in [6.07, 6.45) is 1.72. The van der Waals surface area contributed by atoms with Gasteiger partial charge in [-0.2, -0.15) is 0 Å². The van der Waals surface area contributed by atoms with Gasteiger partial charge >= 0.3 is 0 Å². The standard InChI is InChI=1S/C19H18Cl2N6O2/c1-11-18(25-26-27(11)10-13-3-4-14(20)15(21)7-13)19(29)24-16-8-12(5-6-23-16)9-17(28)22-2/h3-8H,9-10H2,1-2H3,(H,22,28)(H,23,24,29). The van der Waals surface area contributed by atoms with Crippen molar-refractivity contribution in [1.29, 1.82) is 0 Å². The van der Waals surface area contributed by atoms with Gasteiger partial charge in [-0.05, 0) is 42.3 Å². The molecule has 1 aromatic carbocycles. The lowest BCUT2D eigenvalue weighted by atomic mass is 10.2. The van der Waals surface area contributed by atoms with Crippen molar-refractivity contribution in [3.05, 3.63) is 69.1 Å². The zero-order chi connectivity index (χ0) is 21.0. The number of amides is 2. The minimum atomic E-state index is -0.438. The van der Waals surface area contributed by atoms with Gasteiger partial charge in [-0.25, -0.2) is 9.67 Å². The first kappa shape index (κ1) is 20.8. The summed E-state index contributed by atoms with van der Waals surface area (Å²) in [5.74, 6) is -0.239. The van der Waals surface area contributed by atoms with Gasteiger partial charge in [0, 0.05) is 13.2 Å². The van der Waals surface area contributed by atoms with Gasteiger partial charge in [0.25, 0.3) is 5.91 Å². The average Bonchev–Trinajstić information content (AvgIpc) is 3.05. The first-order valence-corrected chi connectivity index (χ1v) is 9.44. The van der Waals surface area contributed by atoms with Crippen molar-refractivity contribution >= 4 is 40.8 Å². The van der Waals surface area contributed by atoms with Crippen LogP contribution in [-0.2, 0) is 17.8 Å². The molecule has 0 bridgehead atoms. The lowest BCUT2D eigenvalue weighted by Crippen LogP contribution is -2.20. The van der Waals surface area contributed by atoms with Gasteiger partial charge in [-0.1, -0.05) is 34.5 Å². The van der Waals surface area contributed by atoms with Gasteiger partial charge < -0.3 is 10.6 Å².